The maximum absolute atomic E-state index is 5.69. The van der Waals surface area contributed by atoms with Crippen LogP contribution in [0.2, 0.25) is 0 Å². The molecule has 0 spiro atoms. The number of aromatic nitrogens is 2. The van der Waals surface area contributed by atoms with Crippen LogP contribution in [-0.2, 0) is 6.42 Å². The highest BCUT2D eigenvalue weighted by Crippen LogP contribution is 2.08. The van der Waals surface area contributed by atoms with Crippen molar-refractivity contribution >= 4 is 11.6 Å². The third kappa shape index (κ3) is 4.02. The van der Waals surface area contributed by atoms with Crippen LogP contribution in [0, 0.1) is 0 Å². The Morgan fingerprint density at radius 3 is 2.75 bits per heavy atom. The van der Waals surface area contributed by atoms with Crippen molar-refractivity contribution in [1.29, 1.82) is 0 Å². The molecule has 3 N–H and O–H groups in total. The highest BCUT2D eigenvalue weighted by atomic mass is 15.1. The molecule has 1 aromatic rings. The molecule has 1 aromatic heterocycles. The normalized spacial score (nSPS) is 10.8. The van der Waals surface area contributed by atoms with Crippen LogP contribution in [0.25, 0.3) is 0 Å². The number of nitrogens with two attached hydrogens (primary N) is 1. The number of hydrogen-bond acceptors (Lipinski definition) is 5. The van der Waals surface area contributed by atoms with Crippen molar-refractivity contribution in [3.8, 4) is 0 Å². The molecule has 0 saturated carbocycles. The lowest BCUT2D eigenvalue weighted by molar-refractivity contribution is 0.367. The van der Waals surface area contributed by atoms with Gasteiger partial charge in [0.1, 0.15) is 17.5 Å². The molecule has 0 aromatic carbocycles. The van der Waals surface area contributed by atoms with Crippen LogP contribution in [0.4, 0.5) is 11.6 Å². The molecule has 1 heterocycles. The van der Waals surface area contributed by atoms with Crippen molar-refractivity contribution in [3.63, 3.8) is 0 Å². The summed E-state index contributed by atoms with van der Waals surface area (Å²) < 4.78 is 0. The number of rotatable bonds is 6. The number of anilines is 2. The summed E-state index contributed by atoms with van der Waals surface area (Å²) in [7, 11) is 2.09. The molecule has 0 radical (unpaired) electrons. The second-order valence-electron chi connectivity index (χ2n) is 3.77. The van der Waals surface area contributed by atoms with Crippen LogP contribution in [-0.4, -0.2) is 41.5 Å². The molecule has 90 valence electrons. The van der Waals surface area contributed by atoms with Crippen LogP contribution < -0.4 is 11.1 Å². The quantitative estimate of drug-likeness (QED) is 0.752. The Labute approximate surface area is 97.1 Å². The van der Waals surface area contributed by atoms with E-state index in [0.29, 0.717) is 5.82 Å². The summed E-state index contributed by atoms with van der Waals surface area (Å²) in [4.78, 5) is 10.7. The summed E-state index contributed by atoms with van der Waals surface area (Å²) in [5.41, 5.74) is 5.69. The number of nitrogen functional groups attached to an aromatic ring is 1. The molecule has 0 aliphatic carbocycles. The molecular weight excluding hydrogens is 202 g/mol. The molecule has 5 heteroatoms. The minimum atomic E-state index is 0.526. The summed E-state index contributed by atoms with van der Waals surface area (Å²) in [6, 6.07) is 1.77. The van der Waals surface area contributed by atoms with Gasteiger partial charge in [-0.3, -0.25) is 0 Å². The van der Waals surface area contributed by atoms with Crippen LogP contribution in [0.5, 0.6) is 0 Å². The topological polar surface area (TPSA) is 67.1 Å². The Kier molecular flexibility index (Phi) is 4.98. The maximum Gasteiger partial charge on any atom is 0.132 e. The highest BCUT2D eigenvalue weighted by Gasteiger charge is 2.01. The van der Waals surface area contributed by atoms with E-state index in [9.17, 15) is 0 Å². The fourth-order valence-corrected chi connectivity index (χ4v) is 1.30. The Hall–Kier alpha value is -1.36. The van der Waals surface area contributed by atoms with E-state index < -0.39 is 0 Å². The minimum Gasteiger partial charge on any atom is -0.384 e. The molecule has 0 unspecified atom stereocenters. The van der Waals surface area contributed by atoms with E-state index >= 15 is 0 Å². The molecule has 0 fully saturated rings. The summed E-state index contributed by atoms with van der Waals surface area (Å²) in [5.74, 6) is 2.12. The standard InChI is InChI=1S/C11H21N5/c1-4-10-14-9(12)8-11(15-10)13-6-7-16(3)5-2/h8H,4-7H2,1-3H3,(H3,12,13,14,15). The van der Waals surface area contributed by atoms with Gasteiger partial charge >= 0.3 is 0 Å². The first-order valence-electron chi connectivity index (χ1n) is 5.71. The lowest BCUT2D eigenvalue weighted by atomic mass is 10.4. The third-order valence-electron chi connectivity index (χ3n) is 2.45. The first-order valence-corrected chi connectivity index (χ1v) is 5.71. The van der Waals surface area contributed by atoms with Crippen LogP contribution >= 0.6 is 0 Å². The van der Waals surface area contributed by atoms with Crippen molar-refractivity contribution in [2.75, 3.05) is 37.7 Å². The van der Waals surface area contributed by atoms with Gasteiger partial charge in [0, 0.05) is 25.6 Å². The number of nitrogens with zero attached hydrogens (tertiary/aromatic N) is 3. The first kappa shape index (κ1) is 12.7. The van der Waals surface area contributed by atoms with Gasteiger partial charge in [0.2, 0.25) is 0 Å². The average molecular weight is 223 g/mol. The zero-order valence-electron chi connectivity index (χ0n) is 10.3. The van der Waals surface area contributed by atoms with Gasteiger partial charge in [0.15, 0.2) is 0 Å². The van der Waals surface area contributed by atoms with Gasteiger partial charge in [-0.25, -0.2) is 9.97 Å². The smallest absolute Gasteiger partial charge is 0.132 e. The number of likely N-dealkylation sites (N-methyl/N-ethyl adjacent to an activating group) is 1. The van der Waals surface area contributed by atoms with Gasteiger partial charge in [0.05, 0.1) is 0 Å². The van der Waals surface area contributed by atoms with E-state index in [-0.39, 0.29) is 0 Å². The van der Waals surface area contributed by atoms with Crippen LogP contribution in [0.1, 0.15) is 19.7 Å². The molecule has 0 atom stereocenters. The molecule has 0 aliphatic heterocycles. The van der Waals surface area contributed by atoms with E-state index in [1.165, 1.54) is 0 Å². The molecule has 0 bridgehead atoms. The van der Waals surface area contributed by atoms with Crippen molar-refractivity contribution in [1.82, 2.24) is 14.9 Å². The summed E-state index contributed by atoms with van der Waals surface area (Å²) in [6.07, 6.45) is 0.800. The zero-order valence-corrected chi connectivity index (χ0v) is 10.3. The molecular formula is C11H21N5. The van der Waals surface area contributed by atoms with E-state index in [2.05, 4.69) is 34.2 Å². The molecule has 0 saturated heterocycles. The largest absolute Gasteiger partial charge is 0.384 e. The maximum atomic E-state index is 5.69. The Bertz CT molecular complexity index is 326. The summed E-state index contributed by atoms with van der Waals surface area (Å²) >= 11 is 0. The van der Waals surface area contributed by atoms with Crippen molar-refractivity contribution in [2.24, 2.45) is 0 Å². The van der Waals surface area contributed by atoms with Crippen LogP contribution in [0.15, 0.2) is 6.07 Å². The molecule has 1 rings (SSSR count). The predicted molar refractivity (Wildman–Crippen MR) is 67.5 cm³/mol. The van der Waals surface area contributed by atoms with Crippen molar-refractivity contribution < 1.29 is 0 Å². The Balaban J connectivity index is 2.50. The monoisotopic (exact) mass is 223 g/mol. The predicted octanol–water partition coefficient (Wildman–Crippen LogP) is 0.985. The zero-order chi connectivity index (χ0) is 12.0. The Morgan fingerprint density at radius 2 is 2.12 bits per heavy atom. The fraction of sp³-hybridized carbons (Fsp3) is 0.636. The molecule has 5 nitrogen and oxygen atoms in total. The van der Waals surface area contributed by atoms with E-state index in [4.69, 9.17) is 5.73 Å². The summed E-state index contributed by atoms with van der Waals surface area (Å²) in [5, 5.41) is 3.25. The lowest BCUT2D eigenvalue weighted by Gasteiger charge is -2.14. The minimum absolute atomic E-state index is 0.526. The van der Waals surface area contributed by atoms with Crippen molar-refractivity contribution in [3.05, 3.63) is 11.9 Å². The van der Waals surface area contributed by atoms with E-state index in [1.54, 1.807) is 6.07 Å². The molecule has 0 amide bonds. The van der Waals surface area contributed by atoms with Gasteiger partial charge in [-0.2, -0.15) is 0 Å². The SMILES string of the molecule is CCc1nc(N)cc(NCCN(C)CC)n1. The number of nitrogens with one attached hydrogen (secondary N) is 1. The first-order chi connectivity index (χ1) is 7.65. The molecule has 16 heavy (non-hydrogen) atoms. The fourth-order valence-electron chi connectivity index (χ4n) is 1.30. The van der Waals surface area contributed by atoms with E-state index in [0.717, 1.165) is 37.7 Å². The van der Waals surface area contributed by atoms with Gasteiger partial charge in [0.25, 0.3) is 0 Å². The lowest BCUT2D eigenvalue weighted by Crippen LogP contribution is -2.25. The third-order valence-corrected chi connectivity index (χ3v) is 2.45. The van der Waals surface area contributed by atoms with E-state index in [1.807, 2.05) is 6.92 Å². The average Bonchev–Trinajstić information content (AvgIpc) is 2.28. The van der Waals surface area contributed by atoms with Gasteiger partial charge in [-0.15, -0.1) is 0 Å². The van der Waals surface area contributed by atoms with Crippen molar-refractivity contribution in [2.45, 2.75) is 20.3 Å². The van der Waals surface area contributed by atoms with Gasteiger partial charge < -0.3 is 16.0 Å². The van der Waals surface area contributed by atoms with Crippen LogP contribution in [0.3, 0.4) is 0 Å². The van der Waals surface area contributed by atoms with Gasteiger partial charge in [-0.1, -0.05) is 13.8 Å². The molecule has 0 aliphatic rings. The Morgan fingerprint density at radius 1 is 1.38 bits per heavy atom. The number of aryl methyl sites for hydroxylation is 1. The number of hydrogen-bond donors (Lipinski definition) is 2. The second kappa shape index (κ2) is 6.27. The highest BCUT2D eigenvalue weighted by molar-refractivity contribution is 5.44. The van der Waals surface area contributed by atoms with Gasteiger partial charge in [-0.05, 0) is 13.6 Å². The second-order valence-corrected chi connectivity index (χ2v) is 3.77. The summed E-state index contributed by atoms with van der Waals surface area (Å²) in [6.45, 7) is 7.06.